The summed E-state index contributed by atoms with van der Waals surface area (Å²) in [5.74, 6) is -0.453. The normalized spacial score (nSPS) is 12.9. The number of aliphatic hydroxyl groups excluding tert-OH is 1. The maximum atomic E-state index is 13.3. The van der Waals surface area contributed by atoms with Gasteiger partial charge in [-0.05, 0) is 24.6 Å². The average molecular weight is 218 g/mol. The molecule has 4 heteroatoms. The lowest BCUT2D eigenvalue weighted by atomic mass is 10.1. The topological polar surface area (TPSA) is 46.2 Å². The third-order valence-corrected chi connectivity index (χ3v) is 2.28. The first-order chi connectivity index (χ1) is 6.65. The first kappa shape index (κ1) is 11.4. The van der Waals surface area contributed by atoms with Crippen LogP contribution in [-0.4, -0.2) is 17.8 Å². The smallest absolute Gasteiger partial charge is 0.145 e. The second-order valence-corrected chi connectivity index (χ2v) is 3.56. The Labute approximate surface area is 87.5 Å². The highest BCUT2D eigenvalue weighted by atomic mass is 35.5. The number of benzene rings is 1. The number of aliphatic hydroxyl groups is 1. The molecule has 0 aromatic heterocycles. The Hall–Kier alpha value is -0.640. The second-order valence-electron chi connectivity index (χ2n) is 3.15. The summed E-state index contributed by atoms with van der Waals surface area (Å²) in [7, 11) is 0. The van der Waals surface area contributed by atoms with E-state index in [1.165, 1.54) is 6.07 Å². The number of nitrogens with two attached hydrogens (primary N) is 1. The molecule has 0 fully saturated rings. The predicted molar refractivity (Wildman–Crippen MR) is 54.8 cm³/mol. The first-order valence-corrected chi connectivity index (χ1v) is 4.84. The summed E-state index contributed by atoms with van der Waals surface area (Å²) in [4.78, 5) is 0. The molecular weight excluding hydrogens is 205 g/mol. The molecule has 1 atom stereocenters. The molecule has 0 aliphatic rings. The minimum atomic E-state index is -0.604. The van der Waals surface area contributed by atoms with Crippen molar-refractivity contribution in [3.63, 3.8) is 0 Å². The Bertz CT molecular complexity index is 306. The molecule has 78 valence electrons. The summed E-state index contributed by atoms with van der Waals surface area (Å²) in [5, 5.41) is 9.51. The van der Waals surface area contributed by atoms with Crippen LogP contribution in [0.2, 0.25) is 5.02 Å². The lowest BCUT2D eigenvalue weighted by Gasteiger charge is -2.10. The molecule has 1 aromatic rings. The second kappa shape index (κ2) is 5.29. The fourth-order valence-corrected chi connectivity index (χ4v) is 1.45. The molecular formula is C10H13ClFNO. The fourth-order valence-electron chi connectivity index (χ4n) is 1.25. The van der Waals surface area contributed by atoms with Crippen molar-refractivity contribution in [3.8, 4) is 0 Å². The van der Waals surface area contributed by atoms with Crippen LogP contribution in [0.4, 0.5) is 4.39 Å². The van der Waals surface area contributed by atoms with Gasteiger partial charge in [-0.15, -0.1) is 0 Å². The standard InChI is InChI=1S/C10H13ClFNO/c11-9-3-1-2-7(10(9)12)6-8(14)4-5-13/h1-3,8,14H,4-6,13H2. The van der Waals surface area contributed by atoms with Gasteiger partial charge in [0.25, 0.3) is 0 Å². The van der Waals surface area contributed by atoms with E-state index in [1.807, 2.05) is 0 Å². The Kier molecular flexibility index (Phi) is 4.32. The predicted octanol–water partition coefficient (Wildman–Crippen LogP) is 1.73. The maximum absolute atomic E-state index is 13.3. The number of halogens is 2. The molecule has 2 nitrogen and oxygen atoms in total. The monoisotopic (exact) mass is 217 g/mol. The molecule has 0 amide bonds. The molecule has 0 saturated heterocycles. The third-order valence-electron chi connectivity index (χ3n) is 1.99. The molecule has 1 aromatic carbocycles. The van der Waals surface area contributed by atoms with Gasteiger partial charge in [0.15, 0.2) is 0 Å². The third kappa shape index (κ3) is 2.94. The molecule has 0 heterocycles. The van der Waals surface area contributed by atoms with Gasteiger partial charge in [-0.2, -0.15) is 0 Å². The summed E-state index contributed by atoms with van der Waals surface area (Å²) in [6, 6.07) is 4.76. The lowest BCUT2D eigenvalue weighted by Crippen LogP contribution is -2.16. The van der Waals surface area contributed by atoms with Gasteiger partial charge in [0.2, 0.25) is 0 Å². The van der Waals surface area contributed by atoms with Crippen LogP contribution in [0.15, 0.2) is 18.2 Å². The molecule has 3 N–H and O–H groups in total. The van der Waals surface area contributed by atoms with Gasteiger partial charge in [0, 0.05) is 6.42 Å². The zero-order valence-corrected chi connectivity index (χ0v) is 8.47. The largest absolute Gasteiger partial charge is 0.393 e. The van der Waals surface area contributed by atoms with Crippen molar-refractivity contribution < 1.29 is 9.50 Å². The summed E-state index contributed by atoms with van der Waals surface area (Å²) < 4.78 is 13.3. The number of rotatable bonds is 4. The van der Waals surface area contributed by atoms with Crippen LogP contribution in [0, 0.1) is 5.82 Å². The van der Waals surface area contributed by atoms with Crippen molar-refractivity contribution in [1.82, 2.24) is 0 Å². The minimum absolute atomic E-state index is 0.0856. The van der Waals surface area contributed by atoms with E-state index in [1.54, 1.807) is 12.1 Å². The molecule has 0 aliphatic heterocycles. The molecule has 0 saturated carbocycles. The van der Waals surface area contributed by atoms with E-state index in [-0.39, 0.29) is 11.4 Å². The van der Waals surface area contributed by atoms with Crippen molar-refractivity contribution in [3.05, 3.63) is 34.6 Å². The Balaban J connectivity index is 2.71. The first-order valence-electron chi connectivity index (χ1n) is 4.46. The van der Waals surface area contributed by atoms with E-state index in [0.29, 0.717) is 18.5 Å². The van der Waals surface area contributed by atoms with Gasteiger partial charge in [-0.3, -0.25) is 0 Å². The lowest BCUT2D eigenvalue weighted by molar-refractivity contribution is 0.166. The van der Waals surface area contributed by atoms with E-state index < -0.39 is 11.9 Å². The Morgan fingerprint density at radius 2 is 2.21 bits per heavy atom. The highest BCUT2D eigenvalue weighted by Gasteiger charge is 2.10. The SMILES string of the molecule is NCCC(O)Cc1cccc(Cl)c1F. The summed E-state index contributed by atoms with van der Waals surface area (Å²) in [5.41, 5.74) is 5.70. The van der Waals surface area contributed by atoms with Crippen LogP contribution in [-0.2, 0) is 6.42 Å². The molecule has 14 heavy (non-hydrogen) atoms. The van der Waals surface area contributed by atoms with Crippen LogP contribution in [0.3, 0.4) is 0 Å². The van der Waals surface area contributed by atoms with Gasteiger partial charge in [0.05, 0.1) is 11.1 Å². The zero-order chi connectivity index (χ0) is 10.6. The summed E-state index contributed by atoms with van der Waals surface area (Å²) in [6.45, 7) is 0.392. The van der Waals surface area contributed by atoms with Crippen molar-refractivity contribution in [1.29, 1.82) is 0 Å². The molecule has 1 rings (SSSR count). The molecule has 0 aliphatic carbocycles. The van der Waals surface area contributed by atoms with E-state index in [0.717, 1.165) is 0 Å². The van der Waals surface area contributed by atoms with Gasteiger partial charge >= 0.3 is 0 Å². The molecule has 0 spiro atoms. The Morgan fingerprint density at radius 3 is 2.86 bits per heavy atom. The van der Waals surface area contributed by atoms with E-state index >= 15 is 0 Å². The van der Waals surface area contributed by atoms with E-state index in [2.05, 4.69) is 0 Å². The number of hydrogen-bond acceptors (Lipinski definition) is 2. The summed E-state index contributed by atoms with van der Waals surface area (Å²) >= 11 is 5.59. The van der Waals surface area contributed by atoms with Gasteiger partial charge < -0.3 is 10.8 Å². The quantitative estimate of drug-likeness (QED) is 0.807. The molecule has 0 radical (unpaired) electrons. The van der Waals surface area contributed by atoms with Crippen LogP contribution >= 0.6 is 11.6 Å². The maximum Gasteiger partial charge on any atom is 0.145 e. The van der Waals surface area contributed by atoms with Crippen LogP contribution in [0.5, 0.6) is 0 Å². The van der Waals surface area contributed by atoms with Crippen molar-refractivity contribution in [2.24, 2.45) is 5.73 Å². The fraction of sp³-hybridized carbons (Fsp3) is 0.400. The number of hydrogen-bond donors (Lipinski definition) is 2. The van der Waals surface area contributed by atoms with Crippen molar-refractivity contribution in [2.75, 3.05) is 6.54 Å². The van der Waals surface area contributed by atoms with Gasteiger partial charge in [0.1, 0.15) is 5.82 Å². The Morgan fingerprint density at radius 1 is 1.50 bits per heavy atom. The van der Waals surface area contributed by atoms with E-state index in [9.17, 15) is 9.50 Å². The minimum Gasteiger partial charge on any atom is -0.393 e. The van der Waals surface area contributed by atoms with Crippen LogP contribution in [0.1, 0.15) is 12.0 Å². The molecule has 0 bridgehead atoms. The highest BCUT2D eigenvalue weighted by molar-refractivity contribution is 6.30. The van der Waals surface area contributed by atoms with Gasteiger partial charge in [-0.25, -0.2) is 4.39 Å². The van der Waals surface area contributed by atoms with Crippen molar-refractivity contribution in [2.45, 2.75) is 18.9 Å². The highest BCUT2D eigenvalue weighted by Crippen LogP contribution is 2.19. The molecule has 1 unspecified atom stereocenters. The van der Waals surface area contributed by atoms with Crippen LogP contribution < -0.4 is 5.73 Å². The van der Waals surface area contributed by atoms with Crippen molar-refractivity contribution >= 4 is 11.6 Å². The average Bonchev–Trinajstić information content (AvgIpc) is 2.13. The zero-order valence-electron chi connectivity index (χ0n) is 7.71. The van der Waals surface area contributed by atoms with E-state index in [4.69, 9.17) is 17.3 Å². The van der Waals surface area contributed by atoms with Crippen LogP contribution in [0.25, 0.3) is 0 Å². The summed E-state index contributed by atoms with van der Waals surface area (Å²) in [6.07, 6.45) is 0.114. The van der Waals surface area contributed by atoms with Gasteiger partial charge in [-0.1, -0.05) is 23.7 Å².